The lowest BCUT2D eigenvalue weighted by Gasteiger charge is -2.32. The predicted molar refractivity (Wildman–Crippen MR) is 193 cm³/mol. The first-order valence-corrected chi connectivity index (χ1v) is 20.3. The van der Waals surface area contributed by atoms with Gasteiger partial charge in [-0.2, -0.15) is 0 Å². The molecule has 264 valence electrons. The largest absolute Gasteiger partial charge is 0.333 e. The number of unbranched alkanes of at least 4 members (excludes halogenated alkanes) is 30. The van der Waals surface area contributed by atoms with Crippen LogP contribution in [-0.4, -0.2) is 40.7 Å². The van der Waals surface area contributed by atoms with Gasteiger partial charge in [-0.15, -0.1) is 0 Å². The van der Waals surface area contributed by atoms with Gasteiger partial charge < -0.3 is 0 Å². The average molecular weight is 633 g/mol. The summed E-state index contributed by atoms with van der Waals surface area (Å²) < 4.78 is 0. The summed E-state index contributed by atoms with van der Waals surface area (Å²) in [4.78, 5) is 40.5. The van der Waals surface area contributed by atoms with Gasteiger partial charge in [0.15, 0.2) is 0 Å². The van der Waals surface area contributed by atoms with Gasteiger partial charge in [0.25, 0.3) is 0 Å². The molecule has 5 nitrogen and oxygen atoms in total. The lowest BCUT2D eigenvalue weighted by Crippen LogP contribution is -2.55. The van der Waals surface area contributed by atoms with E-state index in [1.165, 1.54) is 177 Å². The summed E-state index contributed by atoms with van der Waals surface area (Å²) in [7, 11) is 0. The Morgan fingerprint density at radius 2 is 0.533 bits per heavy atom. The minimum Gasteiger partial charge on any atom is -0.274 e. The first-order chi connectivity index (χ1) is 22.1. The van der Waals surface area contributed by atoms with E-state index >= 15 is 0 Å². The van der Waals surface area contributed by atoms with Crippen LogP contribution in [0.1, 0.15) is 226 Å². The fourth-order valence-electron chi connectivity index (χ4n) is 6.76. The highest BCUT2D eigenvalue weighted by Gasteiger charge is 2.36. The molecule has 0 saturated carbocycles. The Morgan fingerprint density at radius 1 is 0.333 bits per heavy atom. The second-order valence-electron chi connectivity index (χ2n) is 14.2. The zero-order valence-corrected chi connectivity index (χ0v) is 30.4. The number of amides is 4. The van der Waals surface area contributed by atoms with Crippen molar-refractivity contribution in [1.29, 1.82) is 0 Å². The third-order valence-electron chi connectivity index (χ3n) is 9.84. The number of nitrogens with zero attached hydrogens (tertiary/aromatic N) is 2. The van der Waals surface area contributed by atoms with E-state index in [0.717, 1.165) is 38.5 Å². The summed E-state index contributed by atoms with van der Waals surface area (Å²) in [5, 5.41) is 0. The van der Waals surface area contributed by atoms with Gasteiger partial charge in [0.1, 0.15) is 6.42 Å². The van der Waals surface area contributed by atoms with E-state index in [-0.39, 0.29) is 24.3 Å². The summed E-state index contributed by atoms with van der Waals surface area (Å²) in [6.45, 7) is 5.47. The first kappa shape index (κ1) is 41.6. The van der Waals surface area contributed by atoms with E-state index in [1.807, 2.05) is 0 Å². The molecule has 0 N–H and O–H groups in total. The van der Waals surface area contributed by atoms with Crippen molar-refractivity contribution in [3.8, 4) is 0 Å². The highest BCUT2D eigenvalue weighted by atomic mass is 16.2. The maximum atomic E-state index is 12.9. The van der Waals surface area contributed by atoms with E-state index in [4.69, 9.17) is 0 Å². The topological polar surface area (TPSA) is 57.7 Å². The molecule has 0 atom stereocenters. The Balaban J connectivity index is 1.98. The third kappa shape index (κ3) is 23.6. The summed E-state index contributed by atoms with van der Waals surface area (Å²) in [6.07, 6.45) is 41.5. The molecule has 4 amide bonds. The van der Waals surface area contributed by atoms with Crippen molar-refractivity contribution in [3.63, 3.8) is 0 Å². The van der Waals surface area contributed by atoms with Crippen molar-refractivity contribution in [2.24, 2.45) is 0 Å². The van der Waals surface area contributed by atoms with Crippen molar-refractivity contribution in [2.75, 3.05) is 13.1 Å². The van der Waals surface area contributed by atoms with Gasteiger partial charge in [0.05, 0.1) is 0 Å². The van der Waals surface area contributed by atoms with Gasteiger partial charge in [-0.1, -0.05) is 206 Å². The molecule has 1 aliphatic rings. The molecule has 1 rings (SSSR count). The average Bonchev–Trinajstić information content (AvgIpc) is 3.03. The van der Waals surface area contributed by atoms with E-state index < -0.39 is 0 Å². The number of carbonyl (C=O) groups excluding carboxylic acids is 3. The Kier molecular flexibility index (Phi) is 28.9. The molecule has 0 unspecified atom stereocenters. The first-order valence-electron chi connectivity index (χ1n) is 20.3. The molecule has 0 aliphatic carbocycles. The fraction of sp³-hybridized carbons (Fsp3) is 0.925. The van der Waals surface area contributed by atoms with E-state index in [1.54, 1.807) is 0 Å². The molecule has 0 aromatic carbocycles. The second kappa shape index (κ2) is 31.2. The summed E-state index contributed by atoms with van der Waals surface area (Å²) >= 11 is 0. The van der Waals surface area contributed by atoms with Crippen LogP contribution in [0.15, 0.2) is 0 Å². The molecule has 45 heavy (non-hydrogen) atoms. The Bertz CT molecular complexity index is 654. The normalized spacial score (nSPS) is 13.9. The van der Waals surface area contributed by atoms with Gasteiger partial charge in [0.2, 0.25) is 11.8 Å². The van der Waals surface area contributed by atoms with Crippen LogP contribution in [0.25, 0.3) is 0 Å². The number of hydrogen-bond acceptors (Lipinski definition) is 3. The number of rotatable bonds is 34. The summed E-state index contributed by atoms with van der Waals surface area (Å²) in [6, 6.07) is -0.377. The monoisotopic (exact) mass is 633 g/mol. The molecular formula is C40H76N2O3. The lowest BCUT2D eigenvalue weighted by molar-refractivity contribution is -0.142. The molecule has 0 aromatic heterocycles. The smallest absolute Gasteiger partial charge is 0.274 e. The minimum atomic E-state index is -0.377. The van der Waals surface area contributed by atoms with Crippen LogP contribution < -0.4 is 0 Å². The zero-order valence-electron chi connectivity index (χ0n) is 30.4. The van der Waals surface area contributed by atoms with Crippen molar-refractivity contribution in [3.05, 3.63) is 0 Å². The SMILES string of the molecule is CCCCCCCCCCCCCCCCCCN1C(=O)CC(=O)N(CCCCCCCCCCCCCCCCCC)C1=O. The van der Waals surface area contributed by atoms with Gasteiger partial charge in [-0.05, 0) is 12.8 Å². The van der Waals surface area contributed by atoms with Crippen LogP contribution >= 0.6 is 0 Å². The van der Waals surface area contributed by atoms with Crippen LogP contribution in [0.2, 0.25) is 0 Å². The molecule has 1 fully saturated rings. The van der Waals surface area contributed by atoms with Gasteiger partial charge in [0, 0.05) is 13.1 Å². The minimum absolute atomic E-state index is 0.149. The maximum absolute atomic E-state index is 12.9. The van der Waals surface area contributed by atoms with E-state index in [9.17, 15) is 14.4 Å². The number of barbiturate groups is 1. The van der Waals surface area contributed by atoms with Gasteiger partial charge in [-0.25, -0.2) is 4.79 Å². The Hall–Kier alpha value is -1.39. The van der Waals surface area contributed by atoms with Crippen LogP contribution in [0.4, 0.5) is 4.79 Å². The summed E-state index contributed by atoms with van der Waals surface area (Å²) in [5.41, 5.74) is 0. The van der Waals surface area contributed by atoms with Crippen LogP contribution in [0, 0.1) is 0 Å². The zero-order chi connectivity index (χ0) is 32.6. The molecule has 0 radical (unpaired) electrons. The van der Waals surface area contributed by atoms with E-state index in [0.29, 0.717) is 13.1 Å². The highest BCUT2D eigenvalue weighted by Crippen LogP contribution is 2.18. The number of hydrogen-bond donors (Lipinski definition) is 0. The third-order valence-corrected chi connectivity index (χ3v) is 9.84. The molecular weight excluding hydrogens is 556 g/mol. The maximum Gasteiger partial charge on any atom is 0.333 e. The van der Waals surface area contributed by atoms with Crippen LogP contribution in [0.3, 0.4) is 0 Å². The molecule has 0 bridgehead atoms. The van der Waals surface area contributed by atoms with Crippen molar-refractivity contribution >= 4 is 17.8 Å². The van der Waals surface area contributed by atoms with Crippen molar-refractivity contribution < 1.29 is 14.4 Å². The van der Waals surface area contributed by atoms with Crippen molar-refractivity contribution in [1.82, 2.24) is 9.80 Å². The van der Waals surface area contributed by atoms with E-state index in [2.05, 4.69) is 13.8 Å². The number of urea groups is 1. The summed E-state index contributed by atoms with van der Waals surface area (Å²) in [5.74, 6) is -0.622. The Labute approximate surface area is 280 Å². The quantitative estimate of drug-likeness (QED) is 0.0524. The number of carbonyl (C=O) groups is 3. The fourth-order valence-corrected chi connectivity index (χ4v) is 6.76. The standard InChI is InChI=1S/C40H76N2O3/c1-3-5-7-9-11-13-15-17-19-21-23-25-27-29-31-33-35-41-38(43)37-39(44)42(40(41)45)36-34-32-30-28-26-24-22-20-18-16-14-12-10-8-6-4-2/h3-37H2,1-2H3. The van der Waals surface area contributed by atoms with Crippen LogP contribution in [0.5, 0.6) is 0 Å². The van der Waals surface area contributed by atoms with Crippen molar-refractivity contribution in [2.45, 2.75) is 226 Å². The highest BCUT2D eigenvalue weighted by molar-refractivity contribution is 6.14. The Morgan fingerprint density at radius 3 is 0.756 bits per heavy atom. The second-order valence-corrected chi connectivity index (χ2v) is 14.2. The predicted octanol–water partition coefficient (Wildman–Crippen LogP) is 12.7. The molecule has 0 spiro atoms. The molecule has 1 heterocycles. The van der Waals surface area contributed by atoms with Gasteiger partial charge in [-0.3, -0.25) is 19.4 Å². The van der Waals surface area contributed by atoms with Gasteiger partial charge >= 0.3 is 6.03 Å². The molecule has 1 aliphatic heterocycles. The van der Waals surface area contributed by atoms with Crippen LogP contribution in [-0.2, 0) is 9.59 Å². The number of imide groups is 2. The lowest BCUT2D eigenvalue weighted by atomic mass is 10.0. The molecule has 1 saturated heterocycles. The molecule has 5 heteroatoms. The molecule has 0 aromatic rings.